The summed E-state index contributed by atoms with van der Waals surface area (Å²) in [4.78, 5) is 10.7. The van der Waals surface area contributed by atoms with E-state index in [9.17, 15) is 4.79 Å². The SMILES string of the molecule is Cc1ccc(CNC(C)C(N)=O)cc1. The molecule has 14 heavy (non-hydrogen) atoms. The van der Waals surface area contributed by atoms with Crippen molar-refractivity contribution in [2.24, 2.45) is 5.73 Å². The number of amides is 1. The predicted octanol–water partition coefficient (Wildman–Crippen LogP) is 0.958. The molecule has 1 aromatic carbocycles. The number of rotatable bonds is 4. The van der Waals surface area contributed by atoms with E-state index in [4.69, 9.17) is 5.73 Å². The van der Waals surface area contributed by atoms with Gasteiger partial charge in [0.2, 0.25) is 5.91 Å². The third-order valence-electron chi connectivity index (χ3n) is 2.16. The van der Waals surface area contributed by atoms with Gasteiger partial charge in [-0.25, -0.2) is 0 Å². The van der Waals surface area contributed by atoms with E-state index in [0.29, 0.717) is 6.54 Å². The molecule has 0 aromatic heterocycles. The van der Waals surface area contributed by atoms with Gasteiger partial charge in [-0.1, -0.05) is 29.8 Å². The van der Waals surface area contributed by atoms with Crippen molar-refractivity contribution in [3.63, 3.8) is 0 Å². The van der Waals surface area contributed by atoms with Gasteiger partial charge in [0, 0.05) is 6.54 Å². The molecule has 1 unspecified atom stereocenters. The lowest BCUT2D eigenvalue weighted by atomic mass is 10.1. The van der Waals surface area contributed by atoms with E-state index in [1.54, 1.807) is 6.92 Å². The first-order valence-corrected chi connectivity index (χ1v) is 4.68. The van der Waals surface area contributed by atoms with Crippen LogP contribution in [-0.2, 0) is 11.3 Å². The van der Waals surface area contributed by atoms with Crippen LogP contribution in [0.25, 0.3) is 0 Å². The van der Waals surface area contributed by atoms with E-state index in [2.05, 4.69) is 5.32 Å². The highest BCUT2D eigenvalue weighted by atomic mass is 16.1. The van der Waals surface area contributed by atoms with E-state index < -0.39 is 0 Å². The van der Waals surface area contributed by atoms with E-state index in [0.717, 1.165) is 5.56 Å². The normalized spacial score (nSPS) is 12.4. The molecule has 3 heteroatoms. The minimum atomic E-state index is -0.322. The molecule has 1 atom stereocenters. The second-order valence-electron chi connectivity index (χ2n) is 3.49. The van der Waals surface area contributed by atoms with Crippen LogP contribution in [0.3, 0.4) is 0 Å². The summed E-state index contributed by atoms with van der Waals surface area (Å²) in [5.74, 6) is -0.322. The maximum Gasteiger partial charge on any atom is 0.234 e. The van der Waals surface area contributed by atoms with Crippen LogP contribution in [0.5, 0.6) is 0 Å². The first-order chi connectivity index (χ1) is 6.59. The number of carbonyl (C=O) groups excluding carboxylic acids is 1. The lowest BCUT2D eigenvalue weighted by Gasteiger charge is -2.09. The molecular weight excluding hydrogens is 176 g/mol. The summed E-state index contributed by atoms with van der Waals surface area (Å²) in [5.41, 5.74) is 7.51. The van der Waals surface area contributed by atoms with Crippen molar-refractivity contribution >= 4 is 5.91 Å². The molecular formula is C11H16N2O. The van der Waals surface area contributed by atoms with Crippen molar-refractivity contribution in [2.75, 3.05) is 0 Å². The van der Waals surface area contributed by atoms with Crippen LogP contribution < -0.4 is 11.1 Å². The molecule has 0 aliphatic rings. The Labute approximate surface area is 84.3 Å². The fourth-order valence-electron chi connectivity index (χ4n) is 1.08. The molecule has 3 nitrogen and oxygen atoms in total. The van der Waals surface area contributed by atoms with E-state index in [1.807, 2.05) is 31.2 Å². The van der Waals surface area contributed by atoms with E-state index in [1.165, 1.54) is 5.56 Å². The zero-order valence-corrected chi connectivity index (χ0v) is 8.58. The molecule has 0 saturated heterocycles. The number of primary amides is 1. The molecule has 1 amide bonds. The third-order valence-corrected chi connectivity index (χ3v) is 2.16. The maximum absolute atomic E-state index is 10.7. The second kappa shape index (κ2) is 4.77. The molecule has 0 fully saturated rings. The van der Waals surface area contributed by atoms with Crippen molar-refractivity contribution in [3.8, 4) is 0 Å². The van der Waals surface area contributed by atoms with Crippen molar-refractivity contribution < 1.29 is 4.79 Å². The Morgan fingerprint density at radius 1 is 1.43 bits per heavy atom. The standard InChI is InChI=1S/C11H16N2O/c1-8-3-5-10(6-4-8)7-13-9(2)11(12)14/h3-6,9,13H,7H2,1-2H3,(H2,12,14). The number of hydrogen-bond donors (Lipinski definition) is 2. The number of hydrogen-bond acceptors (Lipinski definition) is 2. The van der Waals surface area contributed by atoms with Crippen LogP contribution in [0.2, 0.25) is 0 Å². The van der Waals surface area contributed by atoms with Gasteiger partial charge >= 0.3 is 0 Å². The monoisotopic (exact) mass is 192 g/mol. The molecule has 0 saturated carbocycles. The van der Waals surface area contributed by atoms with Gasteiger partial charge in [-0.05, 0) is 19.4 Å². The van der Waals surface area contributed by atoms with E-state index >= 15 is 0 Å². The lowest BCUT2D eigenvalue weighted by molar-refractivity contribution is -0.119. The van der Waals surface area contributed by atoms with Crippen LogP contribution >= 0.6 is 0 Å². The van der Waals surface area contributed by atoms with Gasteiger partial charge in [0.05, 0.1) is 6.04 Å². The van der Waals surface area contributed by atoms with Crippen LogP contribution in [0, 0.1) is 6.92 Å². The van der Waals surface area contributed by atoms with Crippen molar-refractivity contribution in [3.05, 3.63) is 35.4 Å². The lowest BCUT2D eigenvalue weighted by Crippen LogP contribution is -2.38. The summed E-state index contributed by atoms with van der Waals surface area (Å²) in [6.45, 7) is 4.48. The van der Waals surface area contributed by atoms with Gasteiger partial charge < -0.3 is 11.1 Å². The van der Waals surface area contributed by atoms with Crippen LogP contribution in [0.4, 0.5) is 0 Å². The largest absolute Gasteiger partial charge is 0.368 e. The highest BCUT2D eigenvalue weighted by molar-refractivity contribution is 5.79. The number of aryl methyl sites for hydroxylation is 1. The van der Waals surface area contributed by atoms with E-state index in [-0.39, 0.29) is 11.9 Å². The number of nitrogens with one attached hydrogen (secondary N) is 1. The first-order valence-electron chi connectivity index (χ1n) is 4.68. The van der Waals surface area contributed by atoms with Gasteiger partial charge in [0.25, 0.3) is 0 Å². The van der Waals surface area contributed by atoms with Gasteiger partial charge in [-0.3, -0.25) is 4.79 Å². The molecule has 0 spiro atoms. The van der Waals surface area contributed by atoms with Gasteiger partial charge in [0.15, 0.2) is 0 Å². The topological polar surface area (TPSA) is 55.1 Å². The molecule has 0 radical (unpaired) electrons. The fraction of sp³-hybridized carbons (Fsp3) is 0.364. The second-order valence-corrected chi connectivity index (χ2v) is 3.49. The molecule has 76 valence electrons. The van der Waals surface area contributed by atoms with Crippen molar-refractivity contribution in [1.82, 2.24) is 5.32 Å². The molecule has 0 aliphatic carbocycles. The molecule has 0 heterocycles. The van der Waals surface area contributed by atoms with Gasteiger partial charge in [-0.2, -0.15) is 0 Å². The maximum atomic E-state index is 10.7. The number of nitrogens with two attached hydrogens (primary N) is 1. The van der Waals surface area contributed by atoms with Crippen LogP contribution in [-0.4, -0.2) is 11.9 Å². The predicted molar refractivity (Wildman–Crippen MR) is 56.7 cm³/mol. The highest BCUT2D eigenvalue weighted by Gasteiger charge is 2.06. The summed E-state index contributed by atoms with van der Waals surface area (Å²) in [5, 5.41) is 3.04. The minimum absolute atomic E-state index is 0.281. The van der Waals surface area contributed by atoms with Crippen LogP contribution in [0.15, 0.2) is 24.3 Å². The molecule has 3 N–H and O–H groups in total. The molecule has 0 bridgehead atoms. The number of carbonyl (C=O) groups is 1. The Kier molecular flexibility index (Phi) is 3.65. The number of benzene rings is 1. The molecule has 1 aromatic rings. The quantitative estimate of drug-likeness (QED) is 0.746. The van der Waals surface area contributed by atoms with Crippen molar-refractivity contribution in [1.29, 1.82) is 0 Å². The average molecular weight is 192 g/mol. The Bertz CT molecular complexity index is 306. The average Bonchev–Trinajstić information content (AvgIpc) is 2.16. The summed E-state index contributed by atoms with van der Waals surface area (Å²) in [6.07, 6.45) is 0. The Morgan fingerprint density at radius 3 is 2.50 bits per heavy atom. The highest BCUT2D eigenvalue weighted by Crippen LogP contribution is 2.02. The van der Waals surface area contributed by atoms with Crippen molar-refractivity contribution in [2.45, 2.75) is 26.4 Å². The van der Waals surface area contributed by atoms with Gasteiger partial charge in [-0.15, -0.1) is 0 Å². The summed E-state index contributed by atoms with van der Waals surface area (Å²) in [7, 11) is 0. The van der Waals surface area contributed by atoms with Gasteiger partial charge in [0.1, 0.15) is 0 Å². The Balaban J connectivity index is 2.46. The summed E-state index contributed by atoms with van der Waals surface area (Å²) >= 11 is 0. The minimum Gasteiger partial charge on any atom is -0.368 e. The molecule has 1 rings (SSSR count). The Morgan fingerprint density at radius 2 is 2.00 bits per heavy atom. The zero-order chi connectivity index (χ0) is 10.6. The third kappa shape index (κ3) is 3.18. The Hall–Kier alpha value is -1.35. The molecule has 0 aliphatic heterocycles. The van der Waals surface area contributed by atoms with Crippen LogP contribution in [0.1, 0.15) is 18.1 Å². The zero-order valence-electron chi connectivity index (χ0n) is 8.58. The smallest absolute Gasteiger partial charge is 0.234 e. The summed E-state index contributed by atoms with van der Waals surface area (Å²) < 4.78 is 0. The first kappa shape index (κ1) is 10.7. The summed E-state index contributed by atoms with van der Waals surface area (Å²) in [6, 6.07) is 7.89. The fourth-order valence-corrected chi connectivity index (χ4v) is 1.08.